The van der Waals surface area contributed by atoms with E-state index in [4.69, 9.17) is 18.9 Å². The van der Waals surface area contributed by atoms with Crippen LogP contribution in [0.2, 0.25) is 0 Å². The van der Waals surface area contributed by atoms with Crippen molar-refractivity contribution in [3.63, 3.8) is 0 Å². The van der Waals surface area contributed by atoms with Crippen molar-refractivity contribution in [2.24, 2.45) is 0 Å². The summed E-state index contributed by atoms with van der Waals surface area (Å²) in [5.74, 6) is -5.54. The predicted octanol–water partition coefficient (Wildman–Crippen LogP) is 1.02. The molecule has 0 amide bonds. The van der Waals surface area contributed by atoms with Crippen molar-refractivity contribution < 1.29 is 53.1 Å². The highest BCUT2D eigenvalue weighted by Gasteiger charge is 2.55. The van der Waals surface area contributed by atoms with Crippen LogP contribution in [0.1, 0.15) is 54.8 Å². The Morgan fingerprint density at radius 1 is 0.970 bits per heavy atom. The SMILES string of the molecule is COc1cc(OC(C)=O)c2c(c1O)C(=O)C1=C(C2=O)[C@@H](OC(C)=O)[C@@H](OC(C)=O)[C@@](C)(O)C1. The van der Waals surface area contributed by atoms with Gasteiger partial charge in [0.2, 0.25) is 0 Å². The van der Waals surface area contributed by atoms with Crippen molar-refractivity contribution in [2.45, 2.75) is 51.9 Å². The van der Waals surface area contributed by atoms with Crippen molar-refractivity contribution in [1.29, 1.82) is 0 Å². The number of benzene rings is 1. The molecule has 0 unspecified atom stereocenters. The van der Waals surface area contributed by atoms with E-state index in [1.54, 1.807) is 0 Å². The molecule has 0 heterocycles. The Labute approximate surface area is 187 Å². The first-order valence-corrected chi connectivity index (χ1v) is 9.81. The molecule has 176 valence electrons. The topological polar surface area (TPSA) is 163 Å². The Morgan fingerprint density at radius 3 is 2.09 bits per heavy atom. The minimum atomic E-state index is -1.91. The number of Topliss-reactive ketones (excluding diaryl/α,β-unsaturated/α-hetero) is 2. The van der Waals surface area contributed by atoms with E-state index in [1.165, 1.54) is 14.0 Å². The molecular weight excluding hydrogens is 440 g/mol. The summed E-state index contributed by atoms with van der Waals surface area (Å²) in [7, 11) is 1.20. The number of phenols is 1. The fraction of sp³-hybridized carbons (Fsp3) is 0.409. The molecule has 2 aliphatic rings. The van der Waals surface area contributed by atoms with Gasteiger partial charge >= 0.3 is 17.9 Å². The number of ketones is 2. The van der Waals surface area contributed by atoms with E-state index in [1.807, 2.05) is 0 Å². The van der Waals surface area contributed by atoms with E-state index < -0.39 is 70.6 Å². The number of esters is 3. The number of fused-ring (bicyclic) bond motifs is 1. The van der Waals surface area contributed by atoms with Gasteiger partial charge in [-0.15, -0.1) is 0 Å². The first-order valence-electron chi connectivity index (χ1n) is 9.81. The van der Waals surface area contributed by atoms with E-state index in [0.717, 1.165) is 26.8 Å². The maximum atomic E-state index is 13.6. The quantitative estimate of drug-likeness (QED) is 0.485. The van der Waals surface area contributed by atoms with Crippen molar-refractivity contribution in [3.05, 3.63) is 28.3 Å². The van der Waals surface area contributed by atoms with Gasteiger partial charge in [0.05, 0.1) is 23.8 Å². The number of carbonyl (C=O) groups is 5. The Morgan fingerprint density at radius 2 is 1.58 bits per heavy atom. The zero-order valence-electron chi connectivity index (χ0n) is 18.5. The van der Waals surface area contributed by atoms with Gasteiger partial charge in [-0.2, -0.15) is 0 Å². The van der Waals surface area contributed by atoms with Gasteiger partial charge in [-0.1, -0.05) is 0 Å². The van der Waals surface area contributed by atoms with Gasteiger partial charge in [0.1, 0.15) is 11.4 Å². The summed E-state index contributed by atoms with van der Waals surface area (Å²) in [6.07, 6.45) is -3.61. The Kier molecular flexibility index (Phi) is 6.03. The molecule has 0 fully saturated rings. The molecule has 11 nitrogen and oxygen atoms in total. The summed E-state index contributed by atoms with van der Waals surface area (Å²) in [6.45, 7) is 4.43. The summed E-state index contributed by atoms with van der Waals surface area (Å²) in [6, 6.07) is 1.07. The molecule has 0 aromatic heterocycles. The lowest BCUT2D eigenvalue weighted by Crippen LogP contribution is -2.57. The van der Waals surface area contributed by atoms with Gasteiger partial charge in [0, 0.05) is 38.8 Å². The van der Waals surface area contributed by atoms with Gasteiger partial charge in [-0.3, -0.25) is 24.0 Å². The van der Waals surface area contributed by atoms with Crippen LogP contribution in [0.25, 0.3) is 0 Å². The number of phenolic OH excluding ortho intramolecular Hbond substituents is 1. The molecule has 3 atom stereocenters. The Hall–Kier alpha value is -3.73. The molecule has 0 aliphatic heterocycles. The number of hydrogen-bond acceptors (Lipinski definition) is 11. The zero-order valence-corrected chi connectivity index (χ0v) is 18.5. The molecule has 2 aliphatic carbocycles. The minimum absolute atomic E-state index is 0.230. The number of aliphatic hydroxyl groups is 1. The van der Waals surface area contributed by atoms with Gasteiger partial charge in [-0.05, 0) is 6.92 Å². The smallest absolute Gasteiger partial charge is 0.308 e. The summed E-state index contributed by atoms with van der Waals surface area (Å²) in [5.41, 5.74) is -3.45. The van der Waals surface area contributed by atoms with Crippen molar-refractivity contribution >= 4 is 29.5 Å². The lowest BCUT2D eigenvalue weighted by Gasteiger charge is -2.43. The molecule has 3 rings (SSSR count). The molecular formula is C22H22O11. The number of ether oxygens (including phenoxy) is 4. The van der Waals surface area contributed by atoms with Crippen LogP contribution in [-0.4, -0.2) is 64.6 Å². The molecule has 33 heavy (non-hydrogen) atoms. The highest BCUT2D eigenvalue weighted by atomic mass is 16.6. The van der Waals surface area contributed by atoms with Crippen molar-refractivity contribution in [1.82, 2.24) is 0 Å². The fourth-order valence-corrected chi connectivity index (χ4v) is 4.09. The summed E-state index contributed by atoms with van der Waals surface area (Å²) >= 11 is 0. The first-order chi connectivity index (χ1) is 15.3. The van der Waals surface area contributed by atoms with Crippen LogP contribution >= 0.6 is 0 Å². The van der Waals surface area contributed by atoms with E-state index >= 15 is 0 Å². The van der Waals surface area contributed by atoms with Crippen LogP contribution in [0.5, 0.6) is 17.2 Å². The van der Waals surface area contributed by atoms with Gasteiger partial charge < -0.3 is 29.2 Å². The third kappa shape index (κ3) is 4.07. The van der Waals surface area contributed by atoms with Crippen LogP contribution in [0, 0.1) is 0 Å². The first kappa shape index (κ1) is 23.9. The van der Waals surface area contributed by atoms with E-state index in [0.29, 0.717) is 0 Å². The normalized spacial score (nSPS) is 23.9. The standard InChI is InChI=1S/C22H22O11/c1-8(23)31-12-6-13(30-5)18(27)16-15(12)19(28)14-11(17(16)26)7-22(4,29)21(33-10(3)25)20(14)32-9(2)24/h6,20-21,27,29H,7H2,1-5H3/t20-,21-,22+/m1/s1. The molecule has 2 N–H and O–H groups in total. The largest absolute Gasteiger partial charge is 0.504 e. The highest BCUT2D eigenvalue weighted by Crippen LogP contribution is 2.48. The Balaban J connectivity index is 2.32. The summed E-state index contributed by atoms with van der Waals surface area (Å²) < 4.78 is 20.5. The van der Waals surface area contributed by atoms with Crippen LogP contribution in [-0.2, 0) is 23.9 Å². The molecule has 0 radical (unpaired) electrons. The maximum Gasteiger partial charge on any atom is 0.308 e. The molecule has 0 spiro atoms. The second kappa shape index (κ2) is 8.32. The minimum Gasteiger partial charge on any atom is -0.504 e. The van der Waals surface area contributed by atoms with Crippen molar-refractivity contribution in [2.75, 3.05) is 7.11 Å². The fourth-order valence-electron chi connectivity index (χ4n) is 4.09. The third-order valence-corrected chi connectivity index (χ3v) is 5.29. The number of aromatic hydroxyl groups is 1. The predicted molar refractivity (Wildman–Crippen MR) is 108 cm³/mol. The van der Waals surface area contributed by atoms with Crippen LogP contribution in [0.4, 0.5) is 0 Å². The number of carbonyl (C=O) groups excluding carboxylic acids is 5. The number of hydrogen-bond donors (Lipinski definition) is 2. The highest BCUT2D eigenvalue weighted by molar-refractivity contribution is 6.30. The van der Waals surface area contributed by atoms with Gasteiger partial charge in [-0.25, -0.2) is 0 Å². The summed E-state index contributed by atoms with van der Waals surface area (Å²) in [4.78, 5) is 62.2. The molecule has 11 heteroatoms. The third-order valence-electron chi connectivity index (χ3n) is 5.29. The maximum absolute atomic E-state index is 13.6. The van der Waals surface area contributed by atoms with Crippen LogP contribution in [0.3, 0.4) is 0 Å². The molecule has 0 saturated heterocycles. The summed E-state index contributed by atoms with van der Waals surface area (Å²) in [5, 5.41) is 21.6. The lowest BCUT2D eigenvalue weighted by molar-refractivity contribution is -0.184. The monoisotopic (exact) mass is 462 g/mol. The average Bonchev–Trinajstić information content (AvgIpc) is 2.68. The Bertz CT molecular complexity index is 1130. The molecule has 1 aromatic carbocycles. The van der Waals surface area contributed by atoms with E-state index in [2.05, 4.69) is 0 Å². The van der Waals surface area contributed by atoms with Crippen LogP contribution < -0.4 is 9.47 Å². The van der Waals surface area contributed by atoms with Gasteiger partial charge in [0.15, 0.2) is 35.3 Å². The average molecular weight is 462 g/mol. The molecule has 1 aromatic rings. The van der Waals surface area contributed by atoms with Gasteiger partial charge in [0.25, 0.3) is 0 Å². The molecule has 0 bridgehead atoms. The van der Waals surface area contributed by atoms with E-state index in [9.17, 15) is 34.2 Å². The second-order valence-electron chi connectivity index (χ2n) is 7.91. The van der Waals surface area contributed by atoms with Crippen molar-refractivity contribution in [3.8, 4) is 17.2 Å². The number of rotatable bonds is 4. The lowest BCUT2D eigenvalue weighted by atomic mass is 9.69. The zero-order chi connectivity index (χ0) is 24.8. The molecule has 0 saturated carbocycles. The van der Waals surface area contributed by atoms with Crippen LogP contribution in [0.15, 0.2) is 17.2 Å². The second-order valence-corrected chi connectivity index (χ2v) is 7.91. The number of methoxy groups -OCH3 is 1. The van der Waals surface area contributed by atoms with E-state index in [-0.39, 0.29) is 22.6 Å².